The molecule has 0 spiro atoms. The molecule has 2 unspecified atom stereocenters. The first-order chi connectivity index (χ1) is 12.9. The smallest absolute Gasteiger partial charge is 0.317 e. The van der Waals surface area contributed by atoms with Crippen LogP contribution in [0.25, 0.3) is 0 Å². The maximum absolute atomic E-state index is 12.7. The van der Waals surface area contributed by atoms with E-state index in [0.717, 1.165) is 32.4 Å². The number of anilines is 1. The fourth-order valence-corrected chi connectivity index (χ4v) is 3.53. The number of ether oxygens (including phenoxy) is 1. The van der Waals surface area contributed by atoms with E-state index in [-0.39, 0.29) is 36.9 Å². The van der Waals surface area contributed by atoms with Gasteiger partial charge in [-0.2, -0.15) is 0 Å². The molecule has 1 aromatic rings. The molecule has 0 bridgehead atoms. The second-order valence-electron chi connectivity index (χ2n) is 7.02. The number of halogens is 1. The summed E-state index contributed by atoms with van der Waals surface area (Å²) in [5, 5.41) is 12.0. The SMILES string of the molecule is CCOc1ccccc1NC(=O)C(C)N1CCCC(N(C)CC(=O)O)CC1.Cl. The number of aliphatic carboxylic acids is 1. The Kier molecular flexibility index (Phi) is 10.3. The Morgan fingerprint density at radius 3 is 2.71 bits per heavy atom. The van der Waals surface area contributed by atoms with Gasteiger partial charge in [0.2, 0.25) is 5.91 Å². The van der Waals surface area contributed by atoms with Gasteiger partial charge in [0.05, 0.1) is 24.9 Å². The van der Waals surface area contributed by atoms with Crippen molar-refractivity contribution in [2.75, 3.05) is 38.6 Å². The number of likely N-dealkylation sites (tertiary alicyclic amines) is 1. The lowest BCUT2D eigenvalue weighted by molar-refractivity contribution is -0.138. The number of para-hydroxylation sites is 2. The van der Waals surface area contributed by atoms with Crippen molar-refractivity contribution < 1.29 is 19.4 Å². The van der Waals surface area contributed by atoms with Gasteiger partial charge in [-0.25, -0.2) is 0 Å². The van der Waals surface area contributed by atoms with Crippen LogP contribution in [0.1, 0.15) is 33.1 Å². The summed E-state index contributed by atoms with van der Waals surface area (Å²) in [5.41, 5.74) is 0.685. The number of carboxylic acids is 1. The van der Waals surface area contributed by atoms with Crippen molar-refractivity contribution in [3.8, 4) is 5.75 Å². The second kappa shape index (κ2) is 11.9. The summed E-state index contributed by atoms with van der Waals surface area (Å²) in [6.07, 6.45) is 2.75. The molecule has 1 saturated heterocycles. The van der Waals surface area contributed by atoms with Crippen LogP contribution in [0.5, 0.6) is 5.75 Å². The third-order valence-corrected chi connectivity index (χ3v) is 5.11. The van der Waals surface area contributed by atoms with Crippen LogP contribution in [-0.2, 0) is 9.59 Å². The van der Waals surface area contributed by atoms with Crippen molar-refractivity contribution in [3.05, 3.63) is 24.3 Å². The van der Waals surface area contributed by atoms with E-state index >= 15 is 0 Å². The third kappa shape index (κ3) is 6.96. The largest absolute Gasteiger partial charge is 0.492 e. The lowest BCUT2D eigenvalue weighted by Gasteiger charge is -2.28. The molecule has 2 rings (SSSR count). The number of likely N-dealkylation sites (N-methyl/N-ethyl adjacent to an activating group) is 1. The quantitative estimate of drug-likeness (QED) is 0.681. The van der Waals surface area contributed by atoms with Crippen LogP contribution in [0.2, 0.25) is 0 Å². The number of rotatable bonds is 8. The summed E-state index contributed by atoms with van der Waals surface area (Å²) in [6.45, 7) is 6.03. The molecule has 2 N–H and O–H groups in total. The maximum atomic E-state index is 12.7. The molecule has 1 aromatic carbocycles. The Morgan fingerprint density at radius 2 is 2.04 bits per heavy atom. The normalized spacial score (nSPS) is 18.6. The highest BCUT2D eigenvalue weighted by Gasteiger charge is 2.27. The van der Waals surface area contributed by atoms with Gasteiger partial charge < -0.3 is 15.2 Å². The van der Waals surface area contributed by atoms with Crippen molar-refractivity contribution in [1.29, 1.82) is 0 Å². The molecule has 1 aliphatic rings. The Labute approximate surface area is 173 Å². The summed E-state index contributed by atoms with van der Waals surface area (Å²) in [4.78, 5) is 27.7. The number of nitrogens with one attached hydrogen (secondary N) is 1. The van der Waals surface area contributed by atoms with Crippen LogP contribution < -0.4 is 10.1 Å². The van der Waals surface area contributed by atoms with E-state index in [1.54, 1.807) is 0 Å². The van der Waals surface area contributed by atoms with Crippen molar-refractivity contribution in [1.82, 2.24) is 9.80 Å². The average Bonchev–Trinajstić information content (AvgIpc) is 2.88. The van der Waals surface area contributed by atoms with E-state index in [1.807, 2.05) is 50.1 Å². The van der Waals surface area contributed by atoms with Crippen LogP contribution >= 0.6 is 12.4 Å². The Morgan fingerprint density at radius 1 is 1.32 bits per heavy atom. The number of hydrogen-bond donors (Lipinski definition) is 2. The first-order valence-electron chi connectivity index (χ1n) is 9.61. The third-order valence-electron chi connectivity index (χ3n) is 5.11. The molecule has 0 radical (unpaired) electrons. The molecule has 8 heteroatoms. The average molecular weight is 414 g/mol. The van der Waals surface area contributed by atoms with Crippen molar-refractivity contribution in [2.24, 2.45) is 0 Å². The summed E-state index contributed by atoms with van der Waals surface area (Å²) < 4.78 is 5.57. The van der Waals surface area contributed by atoms with Gasteiger partial charge in [-0.1, -0.05) is 12.1 Å². The molecule has 1 fully saturated rings. The maximum Gasteiger partial charge on any atom is 0.317 e. The summed E-state index contributed by atoms with van der Waals surface area (Å²) in [6, 6.07) is 7.42. The summed E-state index contributed by atoms with van der Waals surface area (Å²) >= 11 is 0. The van der Waals surface area contributed by atoms with Crippen LogP contribution in [0, 0.1) is 0 Å². The van der Waals surface area contributed by atoms with Crippen molar-refractivity contribution in [2.45, 2.75) is 45.2 Å². The van der Waals surface area contributed by atoms with Gasteiger partial charge in [0, 0.05) is 12.6 Å². The zero-order valence-corrected chi connectivity index (χ0v) is 17.7. The fourth-order valence-electron chi connectivity index (χ4n) is 3.53. The number of carboxylic acid groups (broad SMARTS) is 1. The summed E-state index contributed by atoms with van der Waals surface area (Å²) in [5.74, 6) is -0.189. The Hall–Kier alpha value is -1.83. The molecule has 158 valence electrons. The standard InChI is InChI=1S/C20H31N3O4.ClH/c1-4-27-18-10-6-5-9-17(18)21-20(26)15(2)23-12-7-8-16(11-13-23)22(3)14-19(24)25;/h5-6,9-10,15-16H,4,7-8,11-14H2,1-3H3,(H,21,26)(H,24,25);1H. The number of carbonyl (C=O) groups is 2. The predicted octanol–water partition coefficient (Wildman–Crippen LogP) is 2.71. The first kappa shape index (κ1) is 24.2. The van der Waals surface area contributed by atoms with E-state index in [0.29, 0.717) is 18.0 Å². The van der Waals surface area contributed by atoms with E-state index in [9.17, 15) is 9.59 Å². The number of hydrogen-bond acceptors (Lipinski definition) is 5. The molecule has 28 heavy (non-hydrogen) atoms. The number of amides is 1. The minimum absolute atomic E-state index is 0. The van der Waals surface area contributed by atoms with Crippen molar-refractivity contribution >= 4 is 30.0 Å². The Bertz CT molecular complexity index is 644. The van der Waals surface area contributed by atoms with Crippen LogP contribution in [0.15, 0.2) is 24.3 Å². The number of carbonyl (C=O) groups excluding carboxylic acids is 1. The van der Waals surface area contributed by atoms with Crippen molar-refractivity contribution in [3.63, 3.8) is 0 Å². The zero-order chi connectivity index (χ0) is 19.8. The van der Waals surface area contributed by atoms with Gasteiger partial charge in [0.25, 0.3) is 0 Å². The lowest BCUT2D eigenvalue weighted by Crippen LogP contribution is -2.43. The monoisotopic (exact) mass is 413 g/mol. The van der Waals surface area contributed by atoms with Gasteiger partial charge in [-0.05, 0) is 58.8 Å². The zero-order valence-electron chi connectivity index (χ0n) is 16.9. The molecule has 0 saturated carbocycles. The molecule has 0 aliphatic carbocycles. The highest BCUT2D eigenvalue weighted by atomic mass is 35.5. The minimum Gasteiger partial charge on any atom is -0.492 e. The number of benzene rings is 1. The van der Waals surface area contributed by atoms with Crippen LogP contribution in [0.3, 0.4) is 0 Å². The van der Waals surface area contributed by atoms with Crippen LogP contribution in [0.4, 0.5) is 5.69 Å². The molecule has 2 atom stereocenters. The molecule has 7 nitrogen and oxygen atoms in total. The van der Waals surface area contributed by atoms with Gasteiger partial charge >= 0.3 is 5.97 Å². The Balaban J connectivity index is 0.00000392. The predicted molar refractivity (Wildman–Crippen MR) is 112 cm³/mol. The fraction of sp³-hybridized carbons (Fsp3) is 0.600. The topological polar surface area (TPSA) is 82.1 Å². The summed E-state index contributed by atoms with van der Waals surface area (Å²) in [7, 11) is 1.86. The molecule has 1 heterocycles. The van der Waals surface area contributed by atoms with E-state index in [4.69, 9.17) is 9.84 Å². The van der Waals surface area contributed by atoms with Gasteiger partial charge in [-0.3, -0.25) is 19.4 Å². The molecule has 1 amide bonds. The van der Waals surface area contributed by atoms with Gasteiger partial charge in [0.15, 0.2) is 0 Å². The number of nitrogens with zero attached hydrogens (tertiary/aromatic N) is 2. The van der Waals surface area contributed by atoms with E-state index < -0.39 is 5.97 Å². The van der Waals surface area contributed by atoms with Gasteiger partial charge in [-0.15, -0.1) is 12.4 Å². The highest BCUT2D eigenvalue weighted by molar-refractivity contribution is 5.95. The molecular formula is C20H32ClN3O4. The van der Waals surface area contributed by atoms with Crippen LogP contribution in [-0.4, -0.2) is 72.2 Å². The minimum atomic E-state index is -0.806. The van der Waals surface area contributed by atoms with Gasteiger partial charge in [0.1, 0.15) is 5.75 Å². The molecule has 1 aliphatic heterocycles. The molecule has 0 aromatic heterocycles. The lowest BCUT2D eigenvalue weighted by atomic mass is 10.1. The molecular weight excluding hydrogens is 382 g/mol. The van der Waals surface area contributed by atoms with E-state index in [2.05, 4.69) is 10.2 Å². The second-order valence-corrected chi connectivity index (χ2v) is 7.02. The highest BCUT2D eigenvalue weighted by Crippen LogP contribution is 2.24. The van der Waals surface area contributed by atoms with E-state index in [1.165, 1.54) is 0 Å². The first-order valence-corrected chi connectivity index (χ1v) is 9.61.